The van der Waals surface area contributed by atoms with Gasteiger partial charge >= 0.3 is 0 Å². The summed E-state index contributed by atoms with van der Waals surface area (Å²) < 4.78 is 11.3. The fourth-order valence-electron chi connectivity index (χ4n) is 2.87. The molecular weight excluding hydrogens is 248 g/mol. The van der Waals surface area contributed by atoms with E-state index in [0.29, 0.717) is 18.1 Å². The molecule has 0 radical (unpaired) electrons. The molecule has 0 N–H and O–H groups in total. The minimum Gasteiger partial charge on any atom is -0.494 e. The predicted molar refractivity (Wildman–Crippen MR) is 83.6 cm³/mol. The van der Waals surface area contributed by atoms with Crippen molar-refractivity contribution in [2.75, 3.05) is 6.61 Å². The Bertz CT molecular complexity index is 427. The summed E-state index contributed by atoms with van der Waals surface area (Å²) in [4.78, 5) is 0. The van der Waals surface area contributed by atoms with Gasteiger partial charge < -0.3 is 9.47 Å². The van der Waals surface area contributed by atoms with Crippen LogP contribution in [0.5, 0.6) is 5.75 Å². The molecule has 1 aliphatic heterocycles. The summed E-state index contributed by atoms with van der Waals surface area (Å²) in [6.45, 7) is 9.61. The van der Waals surface area contributed by atoms with Gasteiger partial charge in [0.2, 0.25) is 0 Å². The molecule has 0 amide bonds. The average Bonchev–Trinajstić information content (AvgIpc) is 3.17. The summed E-state index contributed by atoms with van der Waals surface area (Å²) in [6.07, 6.45) is 5.38. The van der Waals surface area contributed by atoms with Crippen molar-refractivity contribution in [3.63, 3.8) is 0 Å². The zero-order valence-corrected chi connectivity index (χ0v) is 13.3. The summed E-state index contributed by atoms with van der Waals surface area (Å²) in [5, 5.41) is 0. The van der Waals surface area contributed by atoms with Gasteiger partial charge in [0.05, 0.1) is 18.8 Å². The van der Waals surface area contributed by atoms with Gasteiger partial charge in [-0.3, -0.25) is 0 Å². The number of hydrogen-bond donors (Lipinski definition) is 0. The number of ether oxygens (including phenoxy) is 2. The van der Waals surface area contributed by atoms with Gasteiger partial charge in [-0.15, -0.1) is 0 Å². The minimum atomic E-state index is 0.460. The third kappa shape index (κ3) is 3.76. The lowest BCUT2D eigenvalue weighted by Crippen LogP contribution is -2.06. The fourth-order valence-corrected chi connectivity index (χ4v) is 2.87. The Morgan fingerprint density at radius 1 is 1.25 bits per heavy atom. The van der Waals surface area contributed by atoms with Crippen molar-refractivity contribution in [2.45, 2.75) is 71.5 Å². The van der Waals surface area contributed by atoms with E-state index >= 15 is 0 Å². The Morgan fingerprint density at radius 3 is 2.55 bits per heavy atom. The molecular formula is C18H28O2. The summed E-state index contributed by atoms with van der Waals surface area (Å²) in [6, 6.07) is 6.62. The van der Waals surface area contributed by atoms with E-state index in [2.05, 4.69) is 45.9 Å². The lowest BCUT2D eigenvalue weighted by Gasteiger charge is -2.19. The third-order valence-corrected chi connectivity index (χ3v) is 4.25. The molecule has 2 nitrogen and oxygen atoms in total. The van der Waals surface area contributed by atoms with Gasteiger partial charge in [-0.1, -0.05) is 26.8 Å². The fraction of sp³-hybridized carbons (Fsp3) is 0.667. The van der Waals surface area contributed by atoms with Gasteiger partial charge in [-0.2, -0.15) is 0 Å². The van der Waals surface area contributed by atoms with Gasteiger partial charge in [0, 0.05) is 0 Å². The Kier molecular flexibility index (Phi) is 5.47. The molecule has 0 aliphatic carbocycles. The molecule has 0 spiro atoms. The second kappa shape index (κ2) is 7.12. The molecule has 1 heterocycles. The van der Waals surface area contributed by atoms with E-state index in [1.807, 2.05) is 0 Å². The van der Waals surface area contributed by atoms with Crippen molar-refractivity contribution in [3.05, 3.63) is 29.3 Å². The average molecular weight is 276 g/mol. The number of epoxide rings is 1. The van der Waals surface area contributed by atoms with Crippen molar-refractivity contribution >= 4 is 0 Å². The van der Waals surface area contributed by atoms with E-state index < -0.39 is 0 Å². The van der Waals surface area contributed by atoms with E-state index in [0.717, 1.165) is 31.6 Å². The van der Waals surface area contributed by atoms with Crippen LogP contribution in [0.4, 0.5) is 0 Å². The van der Waals surface area contributed by atoms with Crippen LogP contribution in [0.25, 0.3) is 0 Å². The smallest absolute Gasteiger partial charge is 0.119 e. The molecule has 0 saturated carbocycles. The highest BCUT2D eigenvalue weighted by atomic mass is 16.6. The molecule has 1 aromatic rings. The summed E-state index contributed by atoms with van der Waals surface area (Å²) in [5.74, 6) is 1.62. The zero-order valence-electron chi connectivity index (χ0n) is 13.3. The number of rotatable bonds is 8. The first-order chi connectivity index (χ1) is 9.69. The lowest BCUT2D eigenvalue weighted by molar-refractivity contribution is 0.317. The van der Waals surface area contributed by atoms with Crippen LogP contribution >= 0.6 is 0 Å². The second-order valence-electron chi connectivity index (χ2n) is 5.78. The highest BCUT2D eigenvalue weighted by Crippen LogP contribution is 2.36. The monoisotopic (exact) mass is 276 g/mol. The second-order valence-corrected chi connectivity index (χ2v) is 5.78. The van der Waals surface area contributed by atoms with E-state index in [-0.39, 0.29) is 0 Å². The minimum absolute atomic E-state index is 0.460. The maximum atomic E-state index is 5.75. The number of benzene rings is 1. The maximum absolute atomic E-state index is 5.75. The van der Waals surface area contributed by atoms with E-state index in [9.17, 15) is 0 Å². The molecule has 1 aliphatic rings. The maximum Gasteiger partial charge on any atom is 0.119 e. The van der Waals surface area contributed by atoms with Crippen molar-refractivity contribution in [2.24, 2.45) is 0 Å². The normalized spacial score (nSPS) is 22.6. The quantitative estimate of drug-likeness (QED) is 0.641. The molecule has 112 valence electrons. The molecule has 1 aromatic carbocycles. The molecule has 3 atom stereocenters. The Labute approximate surface area is 123 Å². The van der Waals surface area contributed by atoms with E-state index in [1.165, 1.54) is 17.5 Å². The largest absolute Gasteiger partial charge is 0.494 e. The summed E-state index contributed by atoms with van der Waals surface area (Å²) in [5.41, 5.74) is 2.92. The predicted octanol–water partition coefficient (Wildman–Crippen LogP) is 4.71. The van der Waals surface area contributed by atoms with Gasteiger partial charge in [0.25, 0.3) is 0 Å². The van der Waals surface area contributed by atoms with Crippen molar-refractivity contribution in [1.29, 1.82) is 0 Å². The Hall–Kier alpha value is -1.02. The molecule has 3 unspecified atom stereocenters. The zero-order chi connectivity index (χ0) is 14.5. The first kappa shape index (κ1) is 15.4. The SMILES string of the molecule is CCCOc1ccc(C(CC)CC2OC2C)c(CC)c1. The Balaban J connectivity index is 2.11. The molecule has 1 fully saturated rings. The highest BCUT2D eigenvalue weighted by Gasteiger charge is 2.36. The number of aryl methyl sites for hydroxylation is 1. The molecule has 20 heavy (non-hydrogen) atoms. The van der Waals surface area contributed by atoms with Crippen LogP contribution in [0, 0.1) is 0 Å². The van der Waals surface area contributed by atoms with Gasteiger partial charge in [0.15, 0.2) is 0 Å². The van der Waals surface area contributed by atoms with Crippen LogP contribution in [0.1, 0.15) is 64.0 Å². The molecule has 2 heteroatoms. The molecule has 1 saturated heterocycles. The molecule has 0 aromatic heterocycles. The van der Waals surface area contributed by atoms with Crippen LogP contribution < -0.4 is 4.74 Å². The van der Waals surface area contributed by atoms with Gasteiger partial charge in [-0.05, 0) is 61.8 Å². The van der Waals surface area contributed by atoms with Gasteiger partial charge in [0.1, 0.15) is 5.75 Å². The van der Waals surface area contributed by atoms with Crippen LogP contribution in [-0.4, -0.2) is 18.8 Å². The van der Waals surface area contributed by atoms with Crippen LogP contribution in [0.2, 0.25) is 0 Å². The summed E-state index contributed by atoms with van der Waals surface area (Å²) in [7, 11) is 0. The highest BCUT2D eigenvalue weighted by molar-refractivity contribution is 5.38. The first-order valence-corrected chi connectivity index (χ1v) is 8.10. The molecule has 0 bridgehead atoms. The van der Waals surface area contributed by atoms with Crippen LogP contribution in [0.3, 0.4) is 0 Å². The lowest BCUT2D eigenvalue weighted by atomic mass is 9.87. The Morgan fingerprint density at radius 2 is 2.00 bits per heavy atom. The van der Waals surface area contributed by atoms with Crippen molar-refractivity contribution < 1.29 is 9.47 Å². The summed E-state index contributed by atoms with van der Waals surface area (Å²) >= 11 is 0. The number of hydrogen-bond acceptors (Lipinski definition) is 2. The standard InChI is InChI=1S/C18H28O2/c1-5-10-19-16-8-9-17(14(6-2)11-16)15(7-3)12-18-13(4)20-18/h8-9,11,13,15,18H,5-7,10,12H2,1-4H3. The van der Waals surface area contributed by atoms with E-state index in [4.69, 9.17) is 9.47 Å². The van der Waals surface area contributed by atoms with Crippen LogP contribution in [-0.2, 0) is 11.2 Å². The van der Waals surface area contributed by atoms with Crippen LogP contribution in [0.15, 0.2) is 18.2 Å². The van der Waals surface area contributed by atoms with Crippen molar-refractivity contribution in [1.82, 2.24) is 0 Å². The third-order valence-electron chi connectivity index (χ3n) is 4.25. The first-order valence-electron chi connectivity index (χ1n) is 8.10. The molecule has 2 rings (SSSR count). The van der Waals surface area contributed by atoms with Crippen molar-refractivity contribution in [3.8, 4) is 5.75 Å². The topological polar surface area (TPSA) is 21.8 Å². The van der Waals surface area contributed by atoms with Gasteiger partial charge in [-0.25, -0.2) is 0 Å². The van der Waals surface area contributed by atoms with E-state index in [1.54, 1.807) is 0 Å².